The first-order valence-corrected chi connectivity index (χ1v) is 6.37. The van der Waals surface area contributed by atoms with Crippen LogP contribution in [0.3, 0.4) is 0 Å². The molecule has 0 aliphatic carbocycles. The maximum Gasteiger partial charge on any atom is 0.305 e. The van der Waals surface area contributed by atoms with E-state index < -0.39 is 15.4 Å². The van der Waals surface area contributed by atoms with Crippen molar-refractivity contribution in [1.82, 2.24) is 0 Å². The highest BCUT2D eigenvalue weighted by Crippen LogP contribution is 2.52. The molecule has 82 valence electrons. The summed E-state index contributed by atoms with van der Waals surface area (Å²) in [6, 6.07) is 0. The summed E-state index contributed by atoms with van der Waals surface area (Å²) < 4.78 is 4.78. The predicted molar refractivity (Wildman–Crippen MR) is 62.8 cm³/mol. The van der Waals surface area contributed by atoms with Crippen LogP contribution < -0.4 is 0 Å². The molecule has 0 atom stereocenters. The second-order valence-corrected chi connectivity index (χ2v) is 5.62. The number of rotatable bonds is 3. The van der Waals surface area contributed by atoms with Gasteiger partial charge in [0.1, 0.15) is 0 Å². The third-order valence-corrected chi connectivity index (χ3v) is 4.36. The van der Waals surface area contributed by atoms with E-state index in [1.807, 2.05) is 31.2 Å². The van der Waals surface area contributed by atoms with Gasteiger partial charge in [-0.1, -0.05) is 43.4 Å². The number of nitrogens with zero attached hydrogens (tertiary/aromatic N) is 1. The summed E-state index contributed by atoms with van der Waals surface area (Å²) in [6.45, 7) is 1.87. The summed E-state index contributed by atoms with van der Waals surface area (Å²) in [5, 5.41) is 13.2. The average Bonchev–Trinajstić information content (AvgIpc) is 2.30. The van der Waals surface area contributed by atoms with Crippen molar-refractivity contribution < 1.29 is 9.37 Å². The van der Waals surface area contributed by atoms with Crippen LogP contribution >= 0.6 is 10.3 Å². The summed E-state index contributed by atoms with van der Waals surface area (Å²) in [7, 11) is -1.88. The van der Waals surface area contributed by atoms with Crippen molar-refractivity contribution in [2.24, 2.45) is 0 Å². The van der Waals surface area contributed by atoms with Crippen LogP contribution in [-0.2, 0) is 4.28 Å². The van der Waals surface area contributed by atoms with Crippen molar-refractivity contribution in [1.29, 1.82) is 0 Å². The van der Waals surface area contributed by atoms with Gasteiger partial charge in [-0.05, 0) is 21.1 Å². The SMILES string of the molecule is CCS1(O[N+](=O)[O-])\C=C/C=C\C=C/C=C\1. The van der Waals surface area contributed by atoms with E-state index in [4.69, 9.17) is 4.28 Å². The van der Waals surface area contributed by atoms with Crippen LogP contribution in [0.15, 0.2) is 47.3 Å². The minimum absolute atomic E-state index is 0.586. The van der Waals surface area contributed by atoms with Crippen molar-refractivity contribution in [3.8, 4) is 0 Å². The second kappa shape index (κ2) is 5.41. The lowest BCUT2D eigenvalue weighted by molar-refractivity contribution is -0.709. The van der Waals surface area contributed by atoms with Crippen LogP contribution in [-0.4, -0.2) is 10.8 Å². The van der Waals surface area contributed by atoms with Gasteiger partial charge in [0.2, 0.25) is 0 Å². The fourth-order valence-electron chi connectivity index (χ4n) is 1.07. The van der Waals surface area contributed by atoms with Gasteiger partial charge in [0, 0.05) is 5.75 Å². The molecule has 4 nitrogen and oxygen atoms in total. The predicted octanol–water partition coefficient (Wildman–Crippen LogP) is 3.09. The normalized spacial score (nSPS) is 28.6. The molecule has 0 N–H and O–H groups in total. The molecule has 1 aliphatic heterocycles. The minimum Gasteiger partial charge on any atom is -0.255 e. The van der Waals surface area contributed by atoms with E-state index in [9.17, 15) is 10.1 Å². The minimum atomic E-state index is -1.88. The Hall–Kier alpha value is -1.49. The zero-order valence-electron chi connectivity index (χ0n) is 8.41. The van der Waals surface area contributed by atoms with Gasteiger partial charge in [-0.3, -0.25) is 4.28 Å². The molecule has 0 aromatic carbocycles. The molecule has 0 spiro atoms. The molecule has 0 aromatic heterocycles. The van der Waals surface area contributed by atoms with E-state index in [-0.39, 0.29) is 0 Å². The molecule has 0 bridgehead atoms. The highest BCUT2D eigenvalue weighted by Gasteiger charge is 2.19. The number of hydrogen-bond acceptors (Lipinski definition) is 3. The van der Waals surface area contributed by atoms with Crippen LogP contribution in [0.5, 0.6) is 0 Å². The molecular weight excluding hydrogens is 214 g/mol. The highest BCUT2D eigenvalue weighted by atomic mass is 32.3. The van der Waals surface area contributed by atoms with E-state index in [0.717, 1.165) is 0 Å². The van der Waals surface area contributed by atoms with Gasteiger partial charge in [0.15, 0.2) is 0 Å². The Morgan fingerprint density at radius 1 is 1.13 bits per heavy atom. The number of allylic oxidation sites excluding steroid dienone is 6. The van der Waals surface area contributed by atoms with E-state index in [1.165, 1.54) is 0 Å². The molecule has 0 amide bonds. The molecule has 1 rings (SSSR count). The first kappa shape index (κ1) is 11.6. The largest absolute Gasteiger partial charge is 0.305 e. The molecule has 15 heavy (non-hydrogen) atoms. The average molecular weight is 227 g/mol. The van der Waals surface area contributed by atoms with Crippen molar-refractivity contribution >= 4 is 10.3 Å². The van der Waals surface area contributed by atoms with E-state index in [2.05, 4.69) is 0 Å². The first-order chi connectivity index (χ1) is 7.18. The van der Waals surface area contributed by atoms with Crippen LogP contribution in [0.25, 0.3) is 0 Å². The Morgan fingerprint density at radius 2 is 1.60 bits per heavy atom. The third kappa shape index (κ3) is 3.63. The summed E-state index contributed by atoms with van der Waals surface area (Å²) in [5.41, 5.74) is 0. The Kier molecular flexibility index (Phi) is 4.17. The second-order valence-electron chi connectivity index (χ2n) is 2.79. The summed E-state index contributed by atoms with van der Waals surface area (Å²) in [6.07, 6.45) is 10.9. The quantitative estimate of drug-likeness (QED) is 0.550. The maximum absolute atomic E-state index is 10.4. The van der Waals surface area contributed by atoms with Crippen molar-refractivity contribution in [3.63, 3.8) is 0 Å². The zero-order valence-corrected chi connectivity index (χ0v) is 9.22. The van der Waals surface area contributed by atoms with Gasteiger partial charge in [-0.2, -0.15) is 0 Å². The van der Waals surface area contributed by atoms with E-state index in [0.29, 0.717) is 5.75 Å². The van der Waals surface area contributed by atoms with Gasteiger partial charge in [-0.25, -0.2) is 0 Å². The lowest BCUT2D eigenvalue weighted by Gasteiger charge is -2.28. The fourth-order valence-corrected chi connectivity index (χ4v) is 2.69. The van der Waals surface area contributed by atoms with Crippen LogP contribution in [0.4, 0.5) is 0 Å². The standard InChI is InChI=1S/C10H13NO3S/c1-2-15(14-11(12)13)9-7-5-3-4-6-8-10-15/h3-10H,2H2,1H3/b5-3-,6-4-,9-7-,10-8-. The molecule has 0 aromatic rings. The molecular formula is C10H13NO3S. The molecule has 0 fully saturated rings. The summed E-state index contributed by atoms with van der Waals surface area (Å²) in [4.78, 5) is 10.4. The molecule has 0 saturated carbocycles. The molecule has 1 aliphatic rings. The topological polar surface area (TPSA) is 52.4 Å². The van der Waals surface area contributed by atoms with Crippen molar-refractivity contribution in [2.75, 3.05) is 5.75 Å². The van der Waals surface area contributed by atoms with Gasteiger partial charge in [0.25, 0.3) is 0 Å². The molecule has 0 saturated heterocycles. The Balaban J connectivity index is 2.98. The van der Waals surface area contributed by atoms with Crippen LogP contribution in [0.1, 0.15) is 6.92 Å². The third-order valence-electron chi connectivity index (χ3n) is 1.82. The van der Waals surface area contributed by atoms with Crippen molar-refractivity contribution in [2.45, 2.75) is 6.92 Å². The molecule has 0 radical (unpaired) electrons. The zero-order chi connectivity index (χ0) is 11.1. The van der Waals surface area contributed by atoms with E-state index in [1.54, 1.807) is 23.0 Å². The summed E-state index contributed by atoms with van der Waals surface area (Å²) in [5.74, 6) is 0.586. The Morgan fingerprint density at radius 3 is 2.00 bits per heavy atom. The summed E-state index contributed by atoms with van der Waals surface area (Å²) >= 11 is 0. The van der Waals surface area contributed by atoms with Gasteiger partial charge in [-0.15, -0.1) is 10.1 Å². The van der Waals surface area contributed by atoms with E-state index >= 15 is 0 Å². The molecule has 5 heteroatoms. The smallest absolute Gasteiger partial charge is 0.255 e. The molecule has 0 unspecified atom stereocenters. The Bertz CT molecular complexity index is 323. The lowest BCUT2D eigenvalue weighted by atomic mass is 10.4. The van der Waals surface area contributed by atoms with Crippen LogP contribution in [0, 0.1) is 10.1 Å². The van der Waals surface area contributed by atoms with Crippen molar-refractivity contribution in [3.05, 3.63) is 57.4 Å². The van der Waals surface area contributed by atoms with Crippen LogP contribution in [0.2, 0.25) is 0 Å². The number of hydrogen-bond donors (Lipinski definition) is 0. The maximum atomic E-state index is 10.4. The fraction of sp³-hybridized carbons (Fsp3) is 0.200. The molecule has 1 heterocycles. The first-order valence-electron chi connectivity index (χ1n) is 4.51. The van der Waals surface area contributed by atoms with Gasteiger partial charge in [0.05, 0.1) is 0 Å². The monoisotopic (exact) mass is 227 g/mol. The van der Waals surface area contributed by atoms with Gasteiger partial charge >= 0.3 is 5.09 Å². The lowest BCUT2D eigenvalue weighted by Crippen LogP contribution is -2.07. The highest BCUT2D eigenvalue weighted by molar-refractivity contribution is 8.34. The Labute approximate surface area is 90.2 Å². The van der Waals surface area contributed by atoms with Gasteiger partial charge < -0.3 is 0 Å².